The molecular weight excluding hydrogens is 155 g/mol. The monoisotopic (exact) mass is 166 g/mol. The maximum atomic E-state index is 12.6. The van der Waals surface area contributed by atoms with Crippen LogP contribution >= 0.6 is 0 Å². The summed E-state index contributed by atoms with van der Waals surface area (Å²) in [6.45, 7) is 0.683. The van der Waals surface area contributed by atoms with Gasteiger partial charge in [-0.25, -0.2) is 4.98 Å². The molecule has 0 radical (unpaired) electrons. The van der Waals surface area contributed by atoms with Gasteiger partial charge in [0.15, 0.2) is 0 Å². The molecule has 12 heavy (non-hydrogen) atoms. The Balaban J connectivity index is 1.92. The van der Waals surface area contributed by atoms with Crippen molar-refractivity contribution in [2.45, 2.75) is 25.4 Å². The van der Waals surface area contributed by atoms with E-state index in [0.717, 1.165) is 5.69 Å². The molecule has 1 heterocycles. The summed E-state index contributed by atoms with van der Waals surface area (Å²) in [6, 6.07) is 5.53. The average molecular weight is 166 g/mol. The zero-order valence-electron chi connectivity index (χ0n) is 6.76. The van der Waals surface area contributed by atoms with Crippen LogP contribution in [0.5, 0.6) is 0 Å². The molecule has 0 spiro atoms. The minimum Gasteiger partial charge on any atom is -0.308 e. The van der Waals surface area contributed by atoms with E-state index in [9.17, 15) is 4.39 Å². The van der Waals surface area contributed by atoms with E-state index < -0.39 is 5.95 Å². The van der Waals surface area contributed by atoms with Gasteiger partial charge in [0.2, 0.25) is 5.95 Å². The van der Waals surface area contributed by atoms with Crippen molar-refractivity contribution in [1.82, 2.24) is 10.3 Å². The van der Waals surface area contributed by atoms with E-state index in [1.807, 2.05) is 6.07 Å². The second-order valence-corrected chi connectivity index (χ2v) is 3.11. The van der Waals surface area contributed by atoms with Crippen molar-refractivity contribution in [2.24, 2.45) is 0 Å². The highest BCUT2D eigenvalue weighted by molar-refractivity contribution is 5.04. The van der Waals surface area contributed by atoms with Crippen LogP contribution in [0.15, 0.2) is 18.2 Å². The maximum Gasteiger partial charge on any atom is 0.213 e. The fraction of sp³-hybridized carbons (Fsp3) is 0.444. The standard InChI is InChI=1S/C9H11FN2/c10-9-3-1-2-8(12-9)6-11-7-4-5-7/h1-3,7,11H,4-6H2. The molecule has 1 fully saturated rings. The Kier molecular flexibility index (Phi) is 2.04. The van der Waals surface area contributed by atoms with E-state index in [0.29, 0.717) is 12.6 Å². The first-order chi connectivity index (χ1) is 5.84. The number of rotatable bonds is 3. The van der Waals surface area contributed by atoms with Gasteiger partial charge in [-0.1, -0.05) is 6.07 Å². The number of hydrogen-bond acceptors (Lipinski definition) is 2. The van der Waals surface area contributed by atoms with Crippen LogP contribution in [0.2, 0.25) is 0 Å². The van der Waals surface area contributed by atoms with Crippen LogP contribution in [0.1, 0.15) is 18.5 Å². The summed E-state index contributed by atoms with van der Waals surface area (Å²) in [7, 11) is 0. The third kappa shape index (κ3) is 2.01. The van der Waals surface area contributed by atoms with E-state index in [4.69, 9.17) is 0 Å². The Morgan fingerprint density at radius 3 is 3.00 bits per heavy atom. The van der Waals surface area contributed by atoms with E-state index in [1.165, 1.54) is 18.9 Å². The van der Waals surface area contributed by atoms with Crippen LogP contribution in [0.25, 0.3) is 0 Å². The third-order valence-corrected chi connectivity index (χ3v) is 1.92. The van der Waals surface area contributed by atoms with Crippen molar-refractivity contribution in [3.05, 3.63) is 29.8 Å². The first-order valence-electron chi connectivity index (χ1n) is 4.19. The SMILES string of the molecule is Fc1cccc(CNC2CC2)n1. The topological polar surface area (TPSA) is 24.9 Å². The molecule has 0 unspecified atom stereocenters. The quantitative estimate of drug-likeness (QED) is 0.688. The molecule has 1 aromatic heterocycles. The summed E-state index contributed by atoms with van der Waals surface area (Å²) in [6.07, 6.45) is 2.49. The molecule has 2 nitrogen and oxygen atoms in total. The van der Waals surface area contributed by atoms with Gasteiger partial charge in [0.05, 0.1) is 5.69 Å². The fourth-order valence-corrected chi connectivity index (χ4v) is 1.09. The van der Waals surface area contributed by atoms with Crippen molar-refractivity contribution in [3.8, 4) is 0 Å². The van der Waals surface area contributed by atoms with Crippen molar-refractivity contribution in [2.75, 3.05) is 0 Å². The lowest BCUT2D eigenvalue weighted by atomic mass is 10.3. The summed E-state index contributed by atoms with van der Waals surface area (Å²) in [5.41, 5.74) is 0.780. The van der Waals surface area contributed by atoms with Crippen molar-refractivity contribution in [3.63, 3.8) is 0 Å². The number of aromatic nitrogens is 1. The van der Waals surface area contributed by atoms with Gasteiger partial charge in [0.1, 0.15) is 0 Å². The van der Waals surface area contributed by atoms with Gasteiger partial charge >= 0.3 is 0 Å². The van der Waals surface area contributed by atoms with Gasteiger partial charge in [-0.2, -0.15) is 4.39 Å². The predicted molar refractivity (Wildman–Crippen MR) is 44.1 cm³/mol. The van der Waals surface area contributed by atoms with Crippen molar-refractivity contribution < 1.29 is 4.39 Å². The average Bonchev–Trinajstić information content (AvgIpc) is 2.84. The normalized spacial score (nSPS) is 16.4. The lowest BCUT2D eigenvalue weighted by Gasteiger charge is -2.00. The predicted octanol–water partition coefficient (Wildman–Crippen LogP) is 1.47. The number of hydrogen-bond donors (Lipinski definition) is 1. The van der Waals surface area contributed by atoms with E-state index >= 15 is 0 Å². The van der Waals surface area contributed by atoms with Crippen molar-refractivity contribution in [1.29, 1.82) is 0 Å². The Labute approximate surface area is 70.8 Å². The highest BCUT2D eigenvalue weighted by atomic mass is 19.1. The molecule has 3 heteroatoms. The zero-order chi connectivity index (χ0) is 8.39. The summed E-state index contributed by atoms with van der Waals surface area (Å²) in [4.78, 5) is 3.74. The second-order valence-electron chi connectivity index (χ2n) is 3.11. The number of nitrogens with zero attached hydrogens (tertiary/aromatic N) is 1. The fourth-order valence-electron chi connectivity index (χ4n) is 1.09. The Bertz CT molecular complexity index is 271. The summed E-state index contributed by atoms with van der Waals surface area (Å²) in [5.74, 6) is -0.398. The molecular formula is C9H11FN2. The van der Waals surface area contributed by atoms with Gasteiger partial charge in [0.25, 0.3) is 0 Å². The molecule has 0 atom stereocenters. The molecule has 1 aliphatic rings. The largest absolute Gasteiger partial charge is 0.308 e. The minimum absolute atomic E-state index is 0.398. The summed E-state index contributed by atoms with van der Waals surface area (Å²) >= 11 is 0. The van der Waals surface area contributed by atoms with Crippen LogP contribution in [-0.4, -0.2) is 11.0 Å². The molecule has 1 saturated carbocycles. The first-order valence-corrected chi connectivity index (χ1v) is 4.19. The third-order valence-electron chi connectivity index (χ3n) is 1.92. The molecule has 64 valence electrons. The number of pyridine rings is 1. The first kappa shape index (κ1) is 7.68. The van der Waals surface area contributed by atoms with Crippen LogP contribution in [-0.2, 0) is 6.54 Å². The van der Waals surface area contributed by atoms with E-state index in [-0.39, 0.29) is 0 Å². The molecule has 1 N–H and O–H groups in total. The van der Waals surface area contributed by atoms with Crippen LogP contribution < -0.4 is 5.32 Å². The van der Waals surface area contributed by atoms with Crippen LogP contribution in [0, 0.1) is 5.95 Å². The Morgan fingerprint density at radius 1 is 1.50 bits per heavy atom. The lowest BCUT2D eigenvalue weighted by molar-refractivity contribution is 0.567. The molecule has 0 amide bonds. The Hall–Kier alpha value is -0.960. The van der Waals surface area contributed by atoms with Gasteiger partial charge in [-0.3, -0.25) is 0 Å². The van der Waals surface area contributed by atoms with Crippen LogP contribution in [0.4, 0.5) is 4.39 Å². The van der Waals surface area contributed by atoms with Gasteiger partial charge in [0, 0.05) is 12.6 Å². The summed E-state index contributed by atoms with van der Waals surface area (Å²) < 4.78 is 12.6. The van der Waals surface area contributed by atoms with E-state index in [2.05, 4.69) is 10.3 Å². The molecule has 0 aliphatic heterocycles. The van der Waals surface area contributed by atoms with Crippen molar-refractivity contribution >= 4 is 0 Å². The zero-order valence-corrected chi connectivity index (χ0v) is 6.76. The highest BCUT2D eigenvalue weighted by Gasteiger charge is 2.19. The number of halogens is 1. The number of nitrogens with one attached hydrogen (secondary N) is 1. The smallest absolute Gasteiger partial charge is 0.213 e. The molecule has 0 bridgehead atoms. The lowest BCUT2D eigenvalue weighted by Crippen LogP contribution is -2.16. The molecule has 0 saturated heterocycles. The minimum atomic E-state index is -0.398. The van der Waals surface area contributed by atoms with Crippen LogP contribution in [0.3, 0.4) is 0 Å². The molecule has 1 aliphatic carbocycles. The molecule has 1 aromatic rings. The second kappa shape index (κ2) is 3.19. The van der Waals surface area contributed by atoms with E-state index in [1.54, 1.807) is 6.07 Å². The Morgan fingerprint density at radius 2 is 2.33 bits per heavy atom. The molecule has 0 aromatic carbocycles. The highest BCUT2D eigenvalue weighted by Crippen LogP contribution is 2.18. The van der Waals surface area contributed by atoms with Gasteiger partial charge in [-0.05, 0) is 25.0 Å². The summed E-state index contributed by atoms with van der Waals surface area (Å²) in [5, 5.41) is 3.27. The van der Waals surface area contributed by atoms with Gasteiger partial charge in [-0.15, -0.1) is 0 Å². The molecule has 2 rings (SSSR count). The van der Waals surface area contributed by atoms with Gasteiger partial charge < -0.3 is 5.32 Å². The maximum absolute atomic E-state index is 12.6.